The van der Waals surface area contributed by atoms with Crippen molar-refractivity contribution >= 4 is 21.7 Å². The molecular weight excluding hydrogens is 292 g/mol. The Balaban J connectivity index is 2.15. The van der Waals surface area contributed by atoms with Crippen LogP contribution >= 0.6 is 0 Å². The Labute approximate surface area is 124 Å². The predicted molar refractivity (Wildman–Crippen MR) is 78.3 cm³/mol. The lowest BCUT2D eigenvalue weighted by molar-refractivity contribution is -0.142. The second-order valence-electron chi connectivity index (χ2n) is 4.98. The van der Waals surface area contributed by atoms with Gasteiger partial charge in [0.25, 0.3) is 10.0 Å². The van der Waals surface area contributed by atoms with Crippen molar-refractivity contribution < 1.29 is 17.9 Å². The minimum absolute atomic E-state index is 0.144. The third-order valence-corrected chi connectivity index (χ3v) is 4.68. The molecule has 0 bridgehead atoms. The molecule has 0 amide bonds. The number of carbonyl (C=O) groups excluding carboxylic acids is 1. The predicted octanol–water partition coefficient (Wildman–Crippen LogP) is 1.60. The maximum Gasteiger partial charge on any atom is 0.314 e. The highest BCUT2D eigenvalue weighted by molar-refractivity contribution is 7.89. The first-order chi connectivity index (χ1) is 9.94. The average Bonchev–Trinajstić information content (AvgIpc) is 2.93. The summed E-state index contributed by atoms with van der Waals surface area (Å²) in [6.07, 6.45) is 2.03. The Hall–Kier alpha value is -1.89. The number of aryl methyl sites for hydroxylation is 1. The molecule has 0 radical (unpaired) electrons. The van der Waals surface area contributed by atoms with Crippen LogP contribution in [0.5, 0.6) is 0 Å². The van der Waals surface area contributed by atoms with Gasteiger partial charge < -0.3 is 4.74 Å². The first-order valence-corrected chi connectivity index (χ1v) is 8.15. The molecule has 0 spiro atoms. The fraction of sp³-hybridized carbons (Fsp3) is 0.429. The van der Waals surface area contributed by atoms with Gasteiger partial charge in [0.15, 0.2) is 0 Å². The third kappa shape index (κ3) is 3.60. The van der Waals surface area contributed by atoms with Crippen LogP contribution in [0.1, 0.15) is 24.8 Å². The number of hydrazone groups is 1. The van der Waals surface area contributed by atoms with Crippen molar-refractivity contribution in [3.63, 3.8) is 0 Å². The number of esters is 1. The Kier molecular flexibility index (Phi) is 4.62. The van der Waals surface area contributed by atoms with E-state index in [2.05, 4.69) is 9.93 Å². The van der Waals surface area contributed by atoms with Gasteiger partial charge in [0.2, 0.25) is 0 Å². The maximum absolute atomic E-state index is 12.1. The normalized spacial score (nSPS) is 20.5. The van der Waals surface area contributed by atoms with Crippen LogP contribution in [0, 0.1) is 12.8 Å². The lowest BCUT2D eigenvalue weighted by atomic mass is 10.1. The average molecular weight is 310 g/mol. The van der Waals surface area contributed by atoms with Crippen molar-refractivity contribution in [1.29, 1.82) is 0 Å². The summed E-state index contributed by atoms with van der Waals surface area (Å²) in [5.74, 6) is -0.823. The number of nitrogens with one attached hydrogen (secondary N) is 1. The number of hydrogen-bond acceptors (Lipinski definition) is 5. The highest BCUT2D eigenvalue weighted by Crippen LogP contribution is 2.23. The van der Waals surface area contributed by atoms with Gasteiger partial charge in [0.1, 0.15) is 0 Å². The molecule has 6 nitrogen and oxygen atoms in total. The van der Waals surface area contributed by atoms with Gasteiger partial charge in [0.05, 0.1) is 23.6 Å². The number of ether oxygens (including phenoxy) is 1. The van der Waals surface area contributed by atoms with Crippen molar-refractivity contribution in [2.75, 3.05) is 7.11 Å². The topological polar surface area (TPSA) is 84.8 Å². The molecule has 21 heavy (non-hydrogen) atoms. The summed E-state index contributed by atoms with van der Waals surface area (Å²) in [7, 11) is -2.40. The Morgan fingerprint density at radius 1 is 1.33 bits per heavy atom. The molecule has 1 N–H and O–H groups in total. The van der Waals surface area contributed by atoms with Crippen molar-refractivity contribution in [2.24, 2.45) is 11.0 Å². The molecule has 7 heteroatoms. The molecule has 0 saturated heterocycles. The molecular formula is C14H18N2O4S. The molecule has 1 aliphatic rings. The summed E-state index contributed by atoms with van der Waals surface area (Å²) in [6, 6.07) is 6.47. The van der Waals surface area contributed by atoms with E-state index in [1.54, 1.807) is 12.1 Å². The zero-order valence-electron chi connectivity index (χ0n) is 12.0. The van der Waals surface area contributed by atoms with Crippen LogP contribution < -0.4 is 4.83 Å². The zero-order chi connectivity index (χ0) is 15.5. The quantitative estimate of drug-likeness (QED) is 0.676. The van der Waals surface area contributed by atoms with Gasteiger partial charge in [-0.1, -0.05) is 17.7 Å². The monoisotopic (exact) mass is 310 g/mol. The van der Waals surface area contributed by atoms with Gasteiger partial charge in [-0.25, -0.2) is 4.83 Å². The second kappa shape index (κ2) is 6.26. The van der Waals surface area contributed by atoms with E-state index >= 15 is 0 Å². The maximum atomic E-state index is 12.1. The van der Waals surface area contributed by atoms with Crippen LogP contribution in [0.2, 0.25) is 0 Å². The fourth-order valence-electron chi connectivity index (χ4n) is 2.25. The van der Waals surface area contributed by atoms with Crippen LogP contribution in [-0.2, 0) is 19.6 Å². The summed E-state index contributed by atoms with van der Waals surface area (Å²) in [5, 5.41) is 3.92. The summed E-state index contributed by atoms with van der Waals surface area (Å²) >= 11 is 0. The molecule has 1 saturated carbocycles. The molecule has 1 aliphatic carbocycles. The summed E-state index contributed by atoms with van der Waals surface area (Å²) in [4.78, 5) is 13.9. The number of carbonyl (C=O) groups is 1. The zero-order valence-corrected chi connectivity index (χ0v) is 12.8. The van der Waals surface area contributed by atoms with E-state index in [1.807, 2.05) is 6.92 Å². The van der Waals surface area contributed by atoms with Crippen molar-refractivity contribution in [3.05, 3.63) is 29.8 Å². The first-order valence-electron chi connectivity index (χ1n) is 6.67. The molecule has 1 aromatic carbocycles. The van der Waals surface area contributed by atoms with Crippen LogP contribution in [0.15, 0.2) is 34.3 Å². The van der Waals surface area contributed by atoms with Crippen LogP contribution in [0.3, 0.4) is 0 Å². The van der Waals surface area contributed by atoms with E-state index in [0.717, 1.165) is 12.0 Å². The number of rotatable bonds is 4. The molecule has 1 fully saturated rings. The van der Waals surface area contributed by atoms with E-state index in [1.165, 1.54) is 19.2 Å². The van der Waals surface area contributed by atoms with Gasteiger partial charge in [-0.15, -0.1) is 0 Å². The van der Waals surface area contributed by atoms with Gasteiger partial charge in [-0.05, 0) is 38.3 Å². The first kappa shape index (κ1) is 15.5. The molecule has 0 heterocycles. The Bertz CT molecular complexity index is 650. The molecule has 0 aliphatic heterocycles. The van der Waals surface area contributed by atoms with Gasteiger partial charge in [0, 0.05) is 0 Å². The number of nitrogens with zero attached hydrogens (tertiary/aromatic N) is 1. The van der Waals surface area contributed by atoms with Gasteiger partial charge >= 0.3 is 5.97 Å². The molecule has 0 aromatic heterocycles. The van der Waals surface area contributed by atoms with Crippen LogP contribution in [0.4, 0.5) is 0 Å². The fourth-order valence-corrected chi connectivity index (χ4v) is 3.08. The summed E-state index contributed by atoms with van der Waals surface area (Å²) < 4.78 is 28.9. The van der Waals surface area contributed by atoms with Crippen molar-refractivity contribution in [2.45, 2.75) is 31.1 Å². The van der Waals surface area contributed by atoms with E-state index in [0.29, 0.717) is 18.6 Å². The lowest BCUT2D eigenvalue weighted by Gasteiger charge is -2.09. The third-order valence-electron chi connectivity index (χ3n) is 3.45. The largest absolute Gasteiger partial charge is 0.469 e. The van der Waals surface area contributed by atoms with Crippen molar-refractivity contribution in [3.8, 4) is 0 Å². The van der Waals surface area contributed by atoms with E-state index in [4.69, 9.17) is 4.74 Å². The SMILES string of the molecule is COC(=O)C1CCCC1=NNS(=O)(=O)c1ccc(C)cc1. The molecule has 114 valence electrons. The summed E-state index contributed by atoms with van der Waals surface area (Å²) in [5.41, 5.74) is 1.50. The molecule has 1 atom stereocenters. The molecule has 2 rings (SSSR count). The number of benzene rings is 1. The van der Waals surface area contributed by atoms with Crippen LogP contribution in [0.25, 0.3) is 0 Å². The van der Waals surface area contributed by atoms with E-state index in [-0.39, 0.29) is 10.9 Å². The highest BCUT2D eigenvalue weighted by Gasteiger charge is 2.30. The van der Waals surface area contributed by atoms with E-state index in [9.17, 15) is 13.2 Å². The van der Waals surface area contributed by atoms with Crippen LogP contribution in [-0.4, -0.2) is 27.2 Å². The highest BCUT2D eigenvalue weighted by atomic mass is 32.2. The number of methoxy groups -OCH3 is 1. The van der Waals surface area contributed by atoms with Crippen molar-refractivity contribution in [1.82, 2.24) is 4.83 Å². The second-order valence-corrected chi connectivity index (χ2v) is 6.64. The standard InChI is InChI=1S/C14H18N2O4S/c1-10-6-8-11(9-7-10)21(18,19)16-15-13-5-3-4-12(13)14(17)20-2/h6-9,12,16H,3-5H2,1-2H3. The minimum atomic E-state index is -3.71. The van der Waals surface area contributed by atoms with E-state index < -0.39 is 15.9 Å². The lowest BCUT2D eigenvalue weighted by Crippen LogP contribution is -2.25. The number of hydrogen-bond donors (Lipinski definition) is 1. The molecule has 1 aromatic rings. The Morgan fingerprint density at radius 2 is 2.00 bits per heavy atom. The van der Waals surface area contributed by atoms with Gasteiger partial charge in [-0.3, -0.25) is 4.79 Å². The summed E-state index contributed by atoms with van der Waals surface area (Å²) in [6.45, 7) is 1.88. The smallest absolute Gasteiger partial charge is 0.314 e. The van der Waals surface area contributed by atoms with Gasteiger partial charge in [-0.2, -0.15) is 13.5 Å². The molecule has 1 unspecified atom stereocenters. The number of sulfonamides is 1. The Morgan fingerprint density at radius 3 is 2.62 bits per heavy atom. The minimum Gasteiger partial charge on any atom is -0.469 e.